The van der Waals surface area contributed by atoms with E-state index >= 15 is 0 Å². The molecule has 2 aliphatic heterocycles. The zero-order valence-corrected chi connectivity index (χ0v) is 34.8. The van der Waals surface area contributed by atoms with Gasteiger partial charge in [-0.2, -0.15) is 0 Å². The molecule has 1 amide bonds. The normalized spacial score (nSPS) is 16.0. The first kappa shape index (κ1) is 41.2. The van der Waals surface area contributed by atoms with Gasteiger partial charge in [0.25, 0.3) is 21.6 Å². The maximum absolute atomic E-state index is 13.5. The van der Waals surface area contributed by atoms with E-state index in [1.165, 1.54) is 12.1 Å². The number of nitro groups is 1. The third-order valence-corrected chi connectivity index (χ3v) is 13.3. The molecule has 2 atom stereocenters. The van der Waals surface area contributed by atoms with E-state index in [0.717, 1.165) is 84.6 Å². The minimum Gasteiger partial charge on any atom is -0.376 e. The molecule has 302 valence electrons. The number of piperazine rings is 1. The lowest BCUT2D eigenvalue weighted by atomic mass is 9.92. The van der Waals surface area contributed by atoms with E-state index in [2.05, 4.69) is 25.9 Å². The highest BCUT2D eigenvalue weighted by molar-refractivity contribution is 7.99. The monoisotopic (exact) mass is 839 g/mol. The topological polar surface area (TPSA) is 141 Å². The van der Waals surface area contributed by atoms with Crippen LogP contribution in [0.4, 0.5) is 17.1 Å². The van der Waals surface area contributed by atoms with Crippen LogP contribution in [0.1, 0.15) is 34.5 Å². The van der Waals surface area contributed by atoms with Crippen LogP contribution < -0.4 is 14.9 Å². The fraction of sp³-hybridized carbons (Fsp3) is 0.302. The second-order valence-electron chi connectivity index (χ2n) is 14.9. The number of aryl methyl sites for hydroxylation is 1. The summed E-state index contributed by atoms with van der Waals surface area (Å²) < 4.78 is 29.2. The molecule has 58 heavy (non-hydrogen) atoms. The number of carbonyl (C=O) groups is 1. The number of amides is 1. The summed E-state index contributed by atoms with van der Waals surface area (Å²) in [5, 5.41) is 16.2. The number of nitro benzene ring substituents is 1. The quantitative estimate of drug-likeness (QED) is 0.0612. The Balaban J connectivity index is 1.000. The smallest absolute Gasteiger partial charge is 0.293 e. The van der Waals surface area contributed by atoms with Gasteiger partial charge in [0.2, 0.25) is 0 Å². The molecule has 0 saturated carbocycles. The van der Waals surface area contributed by atoms with Crippen molar-refractivity contribution < 1.29 is 18.1 Å². The average Bonchev–Trinajstić information content (AvgIpc) is 3.22. The third kappa shape index (κ3) is 9.99. The molecule has 5 aromatic rings. The Labute approximate surface area is 348 Å². The Bertz CT molecular complexity index is 2370. The molecule has 1 saturated heterocycles. The summed E-state index contributed by atoms with van der Waals surface area (Å²) in [7, 11) is -0.517. The van der Waals surface area contributed by atoms with Crippen molar-refractivity contribution in [3.63, 3.8) is 0 Å². The Morgan fingerprint density at radius 2 is 1.81 bits per heavy atom. The number of hydrogen-bond acceptors (Lipinski definition) is 11. The lowest BCUT2D eigenvalue weighted by Crippen LogP contribution is -2.54. The number of anilines is 2. The molecule has 1 aromatic heterocycles. The number of nitrogens with one attached hydrogen (secondary N) is 2. The SMILES string of the molecule is CN(C)CC[C@H](CSc1ccccc1)Nc1ccc(S(=O)(=O)NC(=O)c2ccc3c(c2)CC[C@@H]2CN(Cc4ncccc4-c4ccc(Cl)cc4)CCN32)cc1[N+](=O)[O-]. The van der Waals surface area contributed by atoms with Crippen LogP contribution in [0.2, 0.25) is 5.02 Å². The molecule has 15 heteroatoms. The van der Waals surface area contributed by atoms with Gasteiger partial charge in [0.05, 0.1) is 15.5 Å². The summed E-state index contributed by atoms with van der Waals surface area (Å²) in [5.74, 6) is -0.158. The number of benzene rings is 4. The van der Waals surface area contributed by atoms with Crippen molar-refractivity contribution in [2.24, 2.45) is 0 Å². The summed E-state index contributed by atoms with van der Waals surface area (Å²) in [4.78, 5) is 37.4. The van der Waals surface area contributed by atoms with Crippen molar-refractivity contribution in [3.8, 4) is 11.1 Å². The number of nitrogens with zero attached hydrogens (tertiary/aromatic N) is 5. The number of halogens is 1. The molecule has 1 fully saturated rings. The highest BCUT2D eigenvalue weighted by atomic mass is 35.5. The van der Waals surface area contributed by atoms with Crippen LogP contribution in [0.25, 0.3) is 11.1 Å². The molecule has 0 aliphatic carbocycles. The molecule has 2 aliphatic rings. The fourth-order valence-corrected chi connectivity index (χ4v) is 9.67. The molecule has 0 radical (unpaired) electrons. The van der Waals surface area contributed by atoms with Gasteiger partial charge in [-0.3, -0.25) is 24.8 Å². The lowest BCUT2D eigenvalue weighted by molar-refractivity contribution is -0.384. The van der Waals surface area contributed by atoms with Crippen molar-refractivity contribution in [1.82, 2.24) is 19.5 Å². The molecule has 0 spiro atoms. The van der Waals surface area contributed by atoms with Crippen LogP contribution in [0, 0.1) is 10.1 Å². The zero-order chi connectivity index (χ0) is 40.8. The minimum absolute atomic E-state index is 0.142. The standard InChI is InChI=1S/C43H46ClN7O5S2/c1-48(2)22-20-34(29-57-36-7-4-3-5-8-36)46-39-18-17-37(26-42(39)51(53)54)58(55,56)47-43(52)32-13-19-41-31(25-32)12-16-35-27-49(23-24-50(35)41)28-40-38(9-6-21-45-40)30-10-14-33(44)15-11-30/h3-11,13-15,17-19,21,25-26,34-35,46H,12,16,20,22-24,27-29H2,1-2H3,(H,47,52)/t34-,35-/m1/s1. The minimum atomic E-state index is -4.44. The number of thioether (sulfide) groups is 1. The Morgan fingerprint density at radius 3 is 2.57 bits per heavy atom. The first-order valence-corrected chi connectivity index (χ1v) is 22.0. The fourth-order valence-electron chi connectivity index (χ4n) is 7.56. The van der Waals surface area contributed by atoms with Crippen molar-refractivity contribution in [3.05, 3.63) is 141 Å². The molecular formula is C43H46ClN7O5S2. The summed E-state index contributed by atoms with van der Waals surface area (Å²) in [6.07, 6.45) is 4.15. The molecule has 7 rings (SSSR count). The molecule has 12 nitrogen and oxygen atoms in total. The number of fused-ring (bicyclic) bond motifs is 3. The van der Waals surface area contributed by atoms with Crippen LogP contribution in [0.15, 0.2) is 119 Å². The van der Waals surface area contributed by atoms with Gasteiger partial charge in [-0.05, 0) is 112 Å². The first-order chi connectivity index (χ1) is 27.9. The molecule has 3 heterocycles. The van der Waals surface area contributed by atoms with E-state index in [0.29, 0.717) is 17.2 Å². The number of carbonyl (C=O) groups excluding carboxylic acids is 1. The second kappa shape index (κ2) is 18.3. The second-order valence-corrected chi connectivity index (χ2v) is 18.1. The van der Waals surface area contributed by atoms with E-state index < -0.39 is 20.9 Å². The van der Waals surface area contributed by atoms with E-state index in [1.54, 1.807) is 23.9 Å². The van der Waals surface area contributed by atoms with Crippen LogP contribution >= 0.6 is 23.4 Å². The number of rotatable bonds is 15. The summed E-state index contributed by atoms with van der Waals surface area (Å²) >= 11 is 7.77. The third-order valence-electron chi connectivity index (χ3n) is 10.6. The van der Waals surface area contributed by atoms with Gasteiger partial charge < -0.3 is 15.1 Å². The number of hydrogen-bond donors (Lipinski definition) is 2. The summed E-state index contributed by atoms with van der Waals surface area (Å²) in [6, 6.07) is 30.9. The first-order valence-electron chi connectivity index (χ1n) is 19.2. The maximum atomic E-state index is 13.5. The lowest BCUT2D eigenvalue weighted by Gasteiger charge is -2.46. The average molecular weight is 840 g/mol. The van der Waals surface area contributed by atoms with Crippen molar-refractivity contribution >= 4 is 56.4 Å². The van der Waals surface area contributed by atoms with Gasteiger partial charge in [-0.25, -0.2) is 13.1 Å². The van der Waals surface area contributed by atoms with Gasteiger partial charge in [0.15, 0.2) is 0 Å². The van der Waals surface area contributed by atoms with E-state index in [-0.39, 0.29) is 33.9 Å². The predicted molar refractivity (Wildman–Crippen MR) is 231 cm³/mol. The Kier molecular flexibility index (Phi) is 13.0. The maximum Gasteiger partial charge on any atom is 0.293 e. The largest absolute Gasteiger partial charge is 0.376 e. The van der Waals surface area contributed by atoms with Crippen molar-refractivity contribution in [2.45, 2.75) is 47.7 Å². The Hall–Kier alpha value is -4.99. The van der Waals surface area contributed by atoms with Gasteiger partial charge in [-0.15, -0.1) is 11.8 Å². The van der Waals surface area contributed by atoms with Gasteiger partial charge in [-0.1, -0.05) is 48.0 Å². The van der Waals surface area contributed by atoms with Crippen molar-refractivity contribution in [2.75, 3.05) is 56.2 Å². The zero-order valence-electron chi connectivity index (χ0n) is 32.4. The van der Waals surface area contributed by atoms with Crippen LogP contribution in [-0.4, -0.2) is 92.1 Å². The molecular weight excluding hydrogens is 794 g/mol. The van der Waals surface area contributed by atoms with Gasteiger partial charge in [0.1, 0.15) is 5.69 Å². The molecule has 2 N–H and O–H groups in total. The van der Waals surface area contributed by atoms with Gasteiger partial charge >= 0.3 is 0 Å². The van der Waals surface area contributed by atoms with Crippen LogP contribution in [0.5, 0.6) is 0 Å². The van der Waals surface area contributed by atoms with E-state index in [9.17, 15) is 23.3 Å². The van der Waals surface area contributed by atoms with E-state index in [4.69, 9.17) is 16.6 Å². The number of sulfonamides is 1. The molecule has 0 unspecified atom stereocenters. The highest BCUT2D eigenvalue weighted by Gasteiger charge is 2.33. The van der Waals surface area contributed by atoms with E-state index in [1.807, 2.05) is 91.9 Å². The summed E-state index contributed by atoms with van der Waals surface area (Å²) in [5.41, 5.74) is 5.22. The highest BCUT2D eigenvalue weighted by Crippen LogP contribution is 2.35. The number of aromatic nitrogens is 1. The van der Waals surface area contributed by atoms with Crippen LogP contribution in [-0.2, 0) is 23.0 Å². The number of pyridine rings is 1. The Morgan fingerprint density at radius 1 is 1.02 bits per heavy atom. The molecule has 4 aromatic carbocycles. The molecule has 0 bridgehead atoms. The van der Waals surface area contributed by atoms with Crippen molar-refractivity contribution in [1.29, 1.82) is 0 Å². The van der Waals surface area contributed by atoms with Crippen LogP contribution in [0.3, 0.4) is 0 Å². The predicted octanol–water partition coefficient (Wildman–Crippen LogP) is 7.59. The summed E-state index contributed by atoms with van der Waals surface area (Å²) in [6.45, 7) is 3.96. The van der Waals surface area contributed by atoms with Gasteiger partial charge in [0, 0.05) is 83.0 Å².